The largest absolute Gasteiger partial charge is 0.367 e. The minimum Gasteiger partial charge on any atom is -0.367 e. The zero-order chi connectivity index (χ0) is 16.5. The zero-order valence-electron chi connectivity index (χ0n) is 14.4. The highest BCUT2D eigenvalue weighted by Gasteiger charge is 2.25. The van der Waals surface area contributed by atoms with Crippen LogP contribution in [0.5, 0.6) is 0 Å². The van der Waals surface area contributed by atoms with E-state index in [9.17, 15) is 0 Å². The number of aryl methyl sites for hydroxylation is 1. The molecule has 24 heavy (non-hydrogen) atoms. The molecule has 2 aromatic rings. The summed E-state index contributed by atoms with van der Waals surface area (Å²) in [6.45, 7) is 0. The van der Waals surface area contributed by atoms with Crippen molar-refractivity contribution < 1.29 is 0 Å². The zero-order valence-corrected chi connectivity index (χ0v) is 14.4. The molecule has 2 heterocycles. The lowest BCUT2D eigenvalue weighted by Gasteiger charge is -2.27. The predicted molar refractivity (Wildman–Crippen MR) is 96.7 cm³/mol. The number of nitrogens with one attached hydrogen (secondary N) is 1. The molecule has 128 valence electrons. The van der Waals surface area contributed by atoms with Crippen molar-refractivity contribution >= 4 is 5.82 Å². The van der Waals surface area contributed by atoms with Crippen LogP contribution in [0.3, 0.4) is 0 Å². The van der Waals surface area contributed by atoms with E-state index in [-0.39, 0.29) is 0 Å². The van der Waals surface area contributed by atoms with Crippen molar-refractivity contribution in [1.29, 1.82) is 0 Å². The predicted octanol–water partition coefficient (Wildman–Crippen LogP) is 3.12. The summed E-state index contributed by atoms with van der Waals surface area (Å²) in [6, 6.07) is 7.12. The van der Waals surface area contributed by atoms with E-state index in [1.54, 1.807) is 0 Å². The average Bonchev–Trinajstić information content (AvgIpc) is 3.33. The normalized spacial score (nSPS) is 24.1. The highest BCUT2D eigenvalue weighted by atomic mass is 15.3. The Balaban J connectivity index is 1.52. The molecular weight excluding hydrogens is 298 g/mol. The number of aromatic nitrogens is 3. The van der Waals surface area contributed by atoms with Crippen LogP contribution in [-0.4, -0.2) is 26.8 Å². The van der Waals surface area contributed by atoms with Gasteiger partial charge in [-0.15, -0.1) is 0 Å². The summed E-state index contributed by atoms with van der Waals surface area (Å²) in [5.74, 6) is 1.81. The topological polar surface area (TPSA) is 68.8 Å². The molecule has 0 amide bonds. The molecule has 0 bridgehead atoms. The molecule has 5 heteroatoms. The minimum atomic E-state index is 0.378. The quantitative estimate of drug-likeness (QED) is 0.886. The Kier molecular flexibility index (Phi) is 4.27. The molecule has 0 atom stereocenters. The number of rotatable bonds is 5. The molecule has 0 saturated heterocycles. The Morgan fingerprint density at radius 2 is 1.96 bits per heavy atom. The van der Waals surface area contributed by atoms with Crippen molar-refractivity contribution in [3.05, 3.63) is 30.1 Å². The van der Waals surface area contributed by atoms with Crippen molar-refractivity contribution in [3.8, 4) is 11.3 Å². The first-order valence-electron chi connectivity index (χ1n) is 9.19. The molecule has 0 spiro atoms. The molecular formula is C19H27N5. The Labute approximate surface area is 143 Å². The third-order valence-electron chi connectivity index (χ3n) is 5.39. The van der Waals surface area contributed by atoms with Gasteiger partial charge >= 0.3 is 0 Å². The molecule has 2 aliphatic carbocycles. The van der Waals surface area contributed by atoms with Crippen LogP contribution in [0.1, 0.15) is 44.2 Å². The monoisotopic (exact) mass is 325 g/mol. The second kappa shape index (κ2) is 6.55. The van der Waals surface area contributed by atoms with E-state index in [2.05, 4.69) is 28.6 Å². The van der Waals surface area contributed by atoms with Gasteiger partial charge in [-0.2, -0.15) is 5.10 Å². The van der Waals surface area contributed by atoms with Crippen molar-refractivity contribution in [2.45, 2.75) is 57.0 Å². The fourth-order valence-electron chi connectivity index (χ4n) is 3.65. The van der Waals surface area contributed by atoms with Crippen LogP contribution >= 0.6 is 0 Å². The molecule has 0 aliphatic heterocycles. The third-order valence-corrected chi connectivity index (χ3v) is 5.39. The lowest BCUT2D eigenvalue weighted by Crippen LogP contribution is -2.33. The Hall–Kier alpha value is -1.88. The van der Waals surface area contributed by atoms with Gasteiger partial charge in [0, 0.05) is 30.4 Å². The molecule has 0 unspecified atom stereocenters. The standard InChI is InChI=1S/C19H27N5/c1-24-18(11-13-5-6-13)16(12-21-24)17-3-2-4-19(23-17)22-15-9-7-14(20)8-10-15/h2-4,12-15H,5-11,20H2,1H3,(H,22,23). The second-order valence-electron chi connectivity index (χ2n) is 7.44. The number of anilines is 1. The van der Waals surface area contributed by atoms with Gasteiger partial charge in [-0.25, -0.2) is 4.98 Å². The summed E-state index contributed by atoms with van der Waals surface area (Å²) in [4.78, 5) is 4.86. The smallest absolute Gasteiger partial charge is 0.126 e. The Bertz CT molecular complexity index is 696. The fourth-order valence-corrected chi connectivity index (χ4v) is 3.65. The maximum Gasteiger partial charge on any atom is 0.126 e. The van der Waals surface area contributed by atoms with Crippen LogP contribution < -0.4 is 11.1 Å². The lowest BCUT2D eigenvalue weighted by atomic mass is 9.92. The highest BCUT2D eigenvalue weighted by Crippen LogP contribution is 2.35. The van der Waals surface area contributed by atoms with Crippen LogP contribution in [-0.2, 0) is 13.5 Å². The number of hydrogen-bond acceptors (Lipinski definition) is 4. The molecule has 2 fully saturated rings. The fraction of sp³-hybridized carbons (Fsp3) is 0.579. The van der Waals surface area contributed by atoms with Crippen LogP contribution in [0.2, 0.25) is 0 Å². The average molecular weight is 325 g/mol. The maximum absolute atomic E-state index is 6.00. The van der Waals surface area contributed by atoms with E-state index in [0.717, 1.165) is 49.5 Å². The van der Waals surface area contributed by atoms with Gasteiger partial charge in [-0.3, -0.25) is 4.68 Å². The van der Waals surface area contributed by atoms with Gasteiger partial charge in [0.2, 0.25) is 0 Å². The van der Waals surface area contributed by atoms with Gasteiger partial charge in [0.05, 0.1) is 11.9 Å². The van der Waals surface area contributed by atoms with Crippen LogP contribution in [0.15, 0.2) is 24.4 Å². The van der Waals surface area contributed by atoms with E-state index in [4.69, 9.17) is 10.7 Å². The number of nitrogens with two attached hydrogens (primary N) is 1. The number of hydrogen-bond donors (Lipinski definition) is 2. The first-order chi connectivity index (χ1) is 11.7. The van der Waals surface area contributed by atoms with E-state index >= 15 is 0 Å². The van der Waals surface area contributed by atoms with Crippen LogP contribution in [0, 0.1) is 5.92 Å². The third kappa shape index (κ3) is 3.46. The van der Waals surface area contributed by atoms with E-state index in [1.165, 1.54) is 24.1 Å². The minimum absolute atomic E-state index is 0.378. The van der Waals surface area contributed by atoms with E-state index < -0.39 is 0 Å². The first-order valence-corrected chi connectivity index (χ1v) is 9.19. The van der Waals surface area contributed by atoms with Gasteiger partial charge in [-0.05, 0) is 63.0 Å². The van der Waals surface area contributed by atoms with Gasteiger partial charge in [-0.1, -0.05) is 6.07 Å². The Morgan fingerprint density at radius 3 is 2.71 bits per heavy atom. The first kappa shape index (κ1) is 15.6. The van der Waals surface area contributed by atoms with Crippen molar-refractivity contribution in [1.82, 2.24) is 14.8 Å². The van der Waals surface area contributed by atoms with E-state index in [1.807, 2.05) is 17.9 Å². The second-order valence-corrected chi connectivity index (χ2v) is 7.44. The summed E-state index contributed by atoms with van der Waals surface area (Å²) in [7, 11) is 2.04. The van der Waals surface area contributed by atoms with Gasteiger partial charge < -0.3 is 11.1 Å². The van der Waals surface area contributed by atoms with Crippen LogP contribution in [0.25, 0.3) is 11.3 Å². The molecule has 2 aromatic heterocycles. The highest BCUT2D eigenvalue weighted by molar-refractivity contribution is 5.63. The summed E-state index contributed by atoms with van der Waals surface area (Å²) in [5, 5.41) is 8.07. The Morgan fingerprint density at radius 1 is 1.17 bits per heavy atom. The van der Waals surface area contributed by atoms with Gasteiger partial charge in [0.25, 0.3) is 0 Å². The molecule has 4 rings (SSSR count). The van der Waals surface area contributed by atoms with E-state index in [0.29, 0.717) is 12.1 Å². The number of pyridine rings is 1. The van der Waals surface area contributed by atoms with Gasteiger partial charge in [0.15, 0.2) is 0 Å². The maximum atomic E-state index is 6.00. The molecule has 0 radical (unpaired) electrons. The summed E-state index contributed by atoms with van der Waals surface area (Å²) in [6.07, 6.45) is 10.2. The summed E-state index contributed by atoms with van der Waals surface area (Å²) < 4.78 is 2.01. The summed E-state index contributed by atoms with van der Waals surface area (Å²) in [5.41, 5.74) is 9.52. The van der Waals surface area contributed by atoms with Crippen molar-refractivity contribution in [2.24, 2.45) is 18.7 Å². The van der Waals surface area contributed by atoms with Gasteiger partial charge in [0.1, 0.15) is 5.82 Å². The lowest BCUT2D eigenvalue weighted by molar-refractivity contribution is 0.410. The SMILES string of the molecule is Cn1ncc(-c2cccc(NC3CCC(N)CC3)n2)c1CC1CC1. The number of nitrogens with zero attached hydrogens (tertiary/aromatic N) is 3. The molecule has 5 nitrogen and oxygen atoms in total. The van der Waals surface area contributed by atoms with Crippen LogP contribution in [0.4, 0.5) is 5.82 Å². The van der Waals surface area contributed by atoms with Crippen molar-refractivity contribution in [3.63, 3.8) is 0 Å². The molecule has 2 saturated carbocycles. The molecule has 2 aliphatic rings. The molecule has 0 aromatic carbocycles. The molecule has 3 N–H and O–H groups in total. The van der Waals surface area contributed by atoms with Crippen molar-refractivity contribution in [2.75, 3.05) is 5.32 Å². The summed E-state index contributed by atoms with van der Waals surface area (Å²) >= 11 is 0.